The summed E-state index contributed by atoms with van der Waals surface area (Å²) < 4.78 is 4.74. The Labute approximate surface area is 217 Å². The largest absolute Gasteiger partial charge is 0.333 e. The normalized spacial score (nSPS) is 11.1. The van der Waals surface area contributed by atoms with Crippen LogP contribution in [0.15, 0.2) is 83.8 Å². The lowest BCUT2D eigenvalue weighted by atomic mass is 9.98. The summed E-state index contributed by atoms with van der Waals surface area (Å²) >= 11 is 2.29. The van der Waals surface area contributed by atoms with Gasteiger partial charge in [0.05, 0.1) is 12.2 Å². The maximum Gasteiger partial charge on any atom is 0.333 e. The molecule has 0 bridgehead atoms. The first-order chi connectivity index (χ1) is 17.2. The summed E-state index contributed by atoms with van der Waals surface area (Å²) in [5, 5.41) is 14.3. The SMILES string of the molecule is CCCCc1cn(-c2ccccc2I)c(=O)n1Cc1ccc(-c2ccccc2-c2nnn[nH]2)cc1. The van der Waals surface area contributed by atoms with Crippen molar-refractivity contribution in [3.8, 4) is 28.2 Å². The number of benzene rings is 3. The third kappa shape index (κ3) is 4.84. The van der Waals surface area contributed by atoms with Crippen LogP contribution in [0.2, 0.25) is 0 Å². The number of unbranched alkanes of at least 4 members (excludes halogenated alkanes) is 1. The number of aryl methyl sites for hydroxylation is 1. The van der Waals surface area contributed by atoms with Crippen molar-refractivity contribution in [3.05, 3.63) is 104 Å². The molecule has 0 saturated carbocycles. The molecule has 176 valence electrons. The topological polar surface area (TPSA) is 81.4 Å². The van der Waals surface area contributed by atoms with Crippen LogP contribution in [0.4, 0.5) is 0 Å². The molecule has 0 saturated heterocycles. The van der Waals surface area contributed by atoms with Crippen molar-refractivity contribution in [2.24, 2.45) is 0 Å². The van der Waals surface area contributed by atoms with Gasteiger partial charge in [0.25, 0.3) is 0 Å². The third-order valence-corrected chi connectivity index (χ3v) is 7.01. The van der Waals surface area contributed by atoms with Crippen LogP contribution in [-0.4, -0.2) is 29.8 Å². The summed E-state index contributed by atoms with van der Waals surface area (Å²) in [5.74, 6) is 0.633. The van der Waals surface area contributed by atoms with E-state index in [1.54, 1.807) is 4.57 Å². The third-order valence-electron chi connectivity index (χ3n) is 6.09. The molecule has 5 rings (SSSR count). The molecule has 0 radical (unpaired) electrons. The first kappa shape index (κ1) is 23.2. The summed E-state index contributed by atoms with van der Waals surface area (Å²) in [6, 6.07) is 24.4. The van der Waals surface area contributed by atoms with Crippen molar-refractivity contribution < 1.29 is 0 Å². The van der Waals surface area contributed by atoms with Gasteiger partial charge in [-0.05, 0) is 74.7 Å². The number of tetrazole rings is 1. The first-order valence-electron chi connectivity index (χ1n) is 11.6. The van der Waals surface area contributed by atoms with E-state index in [1.807, 2.05) is 53.2 Å². The van der Waals surface area contributed by atoms with E-state index < -0.39 is 0 Å². The molecule has 0 aliphatic carbocycles. The number of nitrogens with one attached hydrogen (secondary N) is 1. The molecule has 0 fully saturated rings. The minimum atomic E-state index is -0.00698. The molecule has 7 nitrogen and oxygen atoms in total. The summed E-state index contributed by atoms with van der Waals surface area (Å²) in [6.07, 6.45) is 5.00. The average molecular weight is 576 g/mol. The van der Waals surface area contributed by atoms with Crippen molar-refractivity contribution in [3.63, 3.8) is 0 Å². The predicted octanol–water partition coefficient (Wildman–Crippen LogP) is 5.48. The van der Waals surface area contributed by atoms with Gasteiger partial charge in [0, 0.05) is 21.0 Å². The van der Waals surface area contributed by atoms with Crippen molar-refractivity contribution in [1.29, 1.82) is 0 Å². The number of halogens is 1. The van der Waals surface area contributed by atoms with Gasteiger partial charge < -0.3 is 0 Å². The molecule has 3 aromatic carbocycles. The molecular weight excluding hydrogens is 551 g/mol. The highest BCUT2D eigenvalue weighted by molar-refractivity contribution is 14.1. The molecule has 0 unspecified atom stereocenters. The number of imidazole rings is 1. The monoisotopic (exact) mass is 576 g/mol. The molecule has 0 spiro atoms. The number of rotatable bonds is 8. The van der Waals surface area contributed by atoms with Crippen molar-refractivity contribution >= 4 is 22.6 Å². The molecule has 0 atom stereocenters. The summed E-state index contributed by atoms with van der Waals surface area (Å²) in [4.78, 5) is 13.5. The molecule has 8 heteroatoms. The predicted molar refractivity (Wildman–Crippen MR) is 146 cm³/mol. The Morgan fingerprint density at radius 2 is 1.69 bits per heavy atom. The van der Waals surface area contributed by atoms with E-state index in [-0.39, 0.29) is 5.69 Å². The van der Waals surface area contributed by atoms with Crippen LogP contribution in [-0.2, 0) is 13.0 Å². The Balaban J connectivity index is 1.47. The van der Waals surface area contributed by atoms with E-state index >= 15 is 0 Å². The highest BCUT2D eigenvalue weighted by Gasteiger charge is 2.15. The molecule has 1 N–H and O–H groups in total. The van der Waals surface area contributed by atoms with Crippen LogP contribution in [0.25, 0.3) is 28.2 Å². The zero-order valence-corrected chi connectivity index (χ0v) is 21.5. The van der Waals surface area contributed by atoms with Crippen LogP contribution < -0.4 is 5.69 Å². The second kappa shape index (κ2) is 10.4. The molecule has 2 heterocycles. The highest BCUT2D eigenvalue weighted by Crippen LogP contribution is 2.30. The van der Waals surface area contributed by atoms with Crippen molar-refractivity contribution in [2.45, 2.75) is 32.7 Å². The van der Waals surface area contributed by atoms with Crippen molar-refractivity contribution in [1.82, 2.24) is 29.8 Å². The Morgan fingerprint density at radius 3 is 2.40 bits per heavy atom. The van der Waals surface area contributed by atoms with E-state index in [0.29, 0.717) is 12.4 Å². The lowest BCUT2D eigenvalue weighted by Crippen LogP contribution is -2.25. The van der Waals surface area contributed by atoms with Crippen LogP contribution in [0, 0.1) is 3.57 Å². The molecule has 0 amide bonds. The van der Waals surface area contributed by atoms with E-state index in [9.17, 15) is 4.79 Å². The van der Waals surface area contributed by atoms with Gasteiger partial charge in [-0.1, -0.05) is 74.0 Å². The lowest BCUT2D eigenvalue weighted by molar-refractivity contribution is 0.674. The second-order valence-electron chi connectivity index (χ2n) is 8.41. The number of aromatic nitrogens is 6. The molecule has 35 heavy (non-hydrogen) atoms. The first-order valence-corrected chi connectivity index (χ1v) is 12.7. The van der Waals surface area contributed by atoms with E-state index in [2.05, 4.69) is 80.5 Å². The molecule has 0 aliphatic rings. The fourth-order valence-corrected chi connectivity index (χ4v) is 4.91. The van der Waals surface area contributed by atoms with Gasteiger partial charge in [-0.3, -0.25) is 9.13 Å². The zero-order chi connectivity index (χ0) is 24.2. The smallest absolute Gasteiger partial charge is 0.292 e. The van der Waals surface area contributed by atoms with Gasteiger partial charge >= 0.3 is 5.69 Å². The van der Waals surface area contributed by atoms with E-state index in [1.165, 1.54) is 0 Å². The number of para-hydroxylation sites is 1. The lowest BCUT2D eigenvalue weighted by Gasteiger charge is -2.10. The Bertz CT molecular complexity index is 1490. The average Bonchev–Trinajstić information content (AvgIpc) is 3.53. The zero-order valence-electron chi connectivity index (χ0n) is 19.4. The van der Waals surface area contributed by atoms with Gasteiger partial charge in [-0.15, -0.1) is 5.10 Å². The van der Waals surface area contributed by atoms with Crippen LogP contribution in [0.3, 0.4) is 0 Å². The molecule has 0 aliphatic heterocycles. The summed E-state index contributed by atoms with van der Waals surface area (Å²) in [6.45, 7) is 2.70. The van der Waals surface area contributed by atoms with Crippen molar-refractivity contribution in [2.75, 3.05) is 0 Å². The molecular formula is C27H25IN6O. The van der Waals surface area contributed by atoms with Gasteiger partial charge in [0.1, 0.15) is 0 Å². The fourth-order valence-electron chi connectivity index (χ4n) is 4.26. The number of nitrogens with zero attached hydrogens (tertiary/aromatic N) is 5. The quantitative estimate of drug-likeness (QED) is 0.248. The van der Waals surface area contributed by atoms with Gasteiger partial charge in [0.15, 0.2) is 5.82 Å². The maximum absolute atomic E-state index is 13.5. The Hall–Kier alpha value is -3.53. The minimum Gasteiger partial charge on any atom is -0.292 e. The van der Waals surface area contributed by atoms with Gasteiger partial charge in [0.2, 0.25) is 0 Å². The van der Waals surface area contributed by atoms with Gasteiger partial charge in [-0.2, -0.15) is 0 Å². The van der Waals surface area contributed by atoms with Crippen LogP contribution in [0.1, 0.15) is 31.0 Å². The highest BCUT2D eigenvalue weighted by atomic mass is 127. The number of hydrogen-bond acceptors (Lipinski definition) is 4. The van der Waals surface area contributed by atoms with Crippen LogP contribution in [0.5, 0.6) is 0 Å². The number of aromatic amines is 1. The summed E-state index contributed by atoms with van der Waals surface area (Å²) in [7, 11) is 0. The van der Waals surface area contributed by atoms with Crippen LogP contribution >= 0.6 is 22.6 Å². The molecule has 2 aromatic heterocycles. The van der Waals surface area contributed by atoms with E-state index in [0.717, 1.165) is 56.5 Å². The second-order valence-corrected chi connectivity index (χ2v) is 9.57. The maximum atomic E-state index is 13.5. The Morgan fingerprint density at radius 1 is 0.943 bits per heavy atom. The Kier molecular flexibility index (Phi) is 6.89. The minimum absolute atomic E-state index is 0.00698. The van der Waals surface area contributed by atoms with E-state index in [4.69, 9.17) is 0 Å². The number of H-pyrrole nitrogens is 1. The standard InChI is InChI=1S/C27H25IN6O/c1-2-3-8-21-18-34(25-12-7-6-11-24(25)28)27(35)33(21)17-19-13-15-20(16-14-19)22-9-4-5-10-23(22)26-29-31-32-30-26/h4-7,9-16,18H,2-3,8,17H2,1H3,(H,29,30,31,32). The molecule has 5 aromatic rings. The van der Waals surface area contributed by atoms with Gasteiger partial charge in [-0.25, -0.2) is 9.89 Å². The fraction of sp³-hybridized carbons (Fsp3) is 0.185. The number of hydrogen-bond donors (Lipinski definition) is 1. The summed E-state index contributed by atoms with van der Waals surface area (Å²) in [5.41, 5.74) is 6.10.